The maximum absolute atomic E-state index is 10.3. The normalized spacial score (nSPS) is 33.2. The highest BCUT2D eigenvalue weighted by Gasteiger charge is 2.58. The van der Waals surface area contributed by atoms with Crippen LogP contribution in [0.15, 0.2) is 0 Å². The van der Waals surface area contributed by atoms with Crippen molar-refractivity contribution >= 4 is 5.97 Å². The van der Waals surface area contributed by atoms with Gasteiger partial charge in [-0.05, 0) is 61.7 Å². The van der Waals surface area contributed by atoms with Crippen molar-refractivity contribution in [3.05, 3.63) is 0 Å². The summed E-state index contributed by atoms with van der Waals surface area (Å²) in [5, 5.41) is 8.49. The number of nitrogens with two attached hydrogens (primary N) is 1. The maximum Gasteiger partial charge on any atom is 0.303 e. The Morgan fingerprint density at radius 2 is 1.16 bits per heavy atom. The van der Waals surface area contributed by atoms with Gasteiger partial charge >= 0.3 is 5.97 Å². The molecular formula is C28H53NO2. The number of carboxylic acid groups (broad SMARTS) is 1. The van der Waals surface area contributed by atoms with Crippen molar-refractivity contribution in [2.75, 3.05) is 0 Å². The summed E-state index contributed by atoms with van der Waals surface area (Å²) < 4.78 is 0. The van der Waals surface area contributed by atoms with E-state index in [1.54, 1.807) is 0 Å². The first-order chi connectivity index (χ1) is 14.7. The van der Waals surface area contributed by atoms with E-state index >= 15 is 0 Å². The minimum Gasteiger partial charge on any atom is -0.481 e. The van der Waals surface area contributed by atoms with Gasteiger partial charge in [0.15, 0.2) is 0 Å². The van der Waals surface area contributed by atoms with Crippen LogP contribution in [0.25, 0.3) is 0 Å². The molecule has 4 bridgehead atoms. The van der Waals surface area contributed by atoms with Gasteiger partial charge in [0.1, 0.15) is 0 Å². The quantitative estimate of drug-likeness (QED) is 0.270. The molecule has 0 spiro atoms. The van der Waals surface area contributed by atoms with Gasteiger partial charge in [0.2, 0.25) is 0 Å². The van der Waals surface area contributed by atoms with E-state index in [0.29, 0.717) is 17.3 Å². The van der Waals surface area contributed by atoms with E-state index in [9.17, 15) is 4.79 Å². The summed E-state index contributed by atoms with van der Waals surface area (Å²) in [6, 6.07) is 0. The maximum atomic E-state index is 10.3. The molecule has 0 aromatic heterocycles. The van der Waals surface area contributed by atoms with Gasteiger partial charge in [0, 0.05) is 12.0 Å². The Labute approximate surface area is 193 Å². The molecule has 2 atom stereocenters. The third-order valence-electron chi connectivity index (χ3n) is 8.16. The summed E-state index contributed by atoms with van der Waals surface area (Å²) in [6.07, 6.45) is 25.5. The molecule has 182 valence electrons. The largest absolute Gasteiger partial charge is 0.481 e. The lowest BCUT2D eigenvalue weighted by atomic mass is 9.43. The number of hydrogen-bond acceptors (Lipinski definition) is 2. The van der Waals surface area contributed by atoms with E-state index in [1.807, 2.05) is 0 Å². The Balaban J connectivity index is 0.000000228. The van der Waals surface area contributed by atoms with Crippen LogP contribution in [-0.2, 0) is 4.79 Å². The summed E-state index contributed by atoms with van der Waals surface area (Å²) >= 11 is 0. The van der Waals surface area contributed by atoms with Gasteiger partial charge in [-0.25, -0.2) is 0 Å². The lowest BCUT2D eigenvalue weighted by molar-refractivity contribution is -0.137. The zero-order valence-corrected chi connectivity index (χ0v) is 21.2. The third kappa shape index (κ3) is 9.84. The number of carbonyl (C=O) groups is 1. The molecule has 3 heteroatoms. The first-order valence-electron chi connectivity index (χ1n) is 13.7. The minimum absolute atomic E-state index is 0.225. The molecule has 0 saturated heterocycles. The number of carboxylic acids is 1. The molecule has 4 aliphatic rings. The SMILES string of the molecule is CC12CC3CC(C)(C1)CC(N)(C3)C2.CCCCCCCCCCCCCCCC(=O)O. The van der Waals surface area contributed by atoms with E-state index in [0.717, 1.165) is 18.8 Å². The van der Waals surface area contributed by atoms with Crippen LogP contribution in [0.1, 0.15) is 149 Å². The highest BCUT2D eigenvalue weighted by molar-refractivity contribution is 5.66. The van der Waals surface area contributed by atoms with Crippen LogP contribution < -0.4 is 5.73 Å². The first kappa shape index (κ1) is 26.7. The van der Waals surface area contributed by atoms with Crippen molar-refractivity contribution in [2.45, 2.75) is 155 Å². The minimum atomic E-state index is -0.655. The number of unbranched alkanes of at least 4 members (excludes halogenated alkanes) is 12. The van der Waals surface area contributed by atoms with Crippen molar-refractivity contribution in [3.8, 4) is 0 Å². The average Bonchev–Trinajstić information content (AvgIpc) is 2.62. The summed E-state index contributed by atoms with van der Waals surface area (Å²) in [6.45, 7) is 7.20. The van der Waals surface area contributed by atoms with Gasteiger partial charge in [-0.2, -0.15) is 0 Å². The highest BCUT2D eigenvalue weighted by atomic mass is 16.4. The molecule has 31 heavy (non-hydrogen) atoms. The van der Waals surface area contributed by atoms with Crippen molar-refractivity contribution in [2.24, 2.45) is 22.5 Å². The molecule has 0 heterocycles. The van der Waals surface area contributed by atoms with Crippen molar-refractivity contribution in [1.82, 2.24) is 0 Å². The molecule has 3 nitrogen and oxygen atoms in total. The number of hydrogen-bond donors (Lipinski definition) is 2. The van der Waals surface area contributed by atoms with E-state index in [-0.39, 0.29) is 5.54 Å². The summed E-state index contributed by atoms with van der Waals surface area (Å²) in [4.78, 5) is 10.3. The molecule has 0 aliphatic heterocycles. The van der Waals surface area contributed by atoms with Gasteiger partial charge in [-0.3, -0.25) is 4.79 Å². The number of rotatable bonds is 14. The molecule has 0 amide bonds. The van der Waals surface area contributed by atoms with Crippen molar-refractivity contribution < 1.29 is 9.90 Å². The monoisotopic (exact) mass is 435 g/mol. The van der Waals surface area contributed by atoms with Gasteiger partial charge in [0.05, 0.1) is 0 Å². The predicted octanol–water partition coefficient (Wildman–Crippen LogP) is 8.25. The second kappa shape index (κ2) is 12.6. The second-order valence-corrected chi connectivity index (χ2v) is 12.4. The van der Waals surface area contributed by atoms with E-state index < -0.39 is 5.97 Å². The molecule has 4 rings (SSSR count). The van der Waals surface area contributed by atoms with Crippen molar-refractivity contribution in [1.29, 1.82) is 0 Å². The van der Waals surface area contributed by atoms with Crippen LogP contribution in [0.3, 0.4) is 0 Å². The predicted molar refractivity (Wildman–Crippen MR) is 132 cm³/mol. The molecule has 3 N–H and O–H groups in total. The topological polar surface area (TPSA) is 63.3 Å². The first-order valence-corrected chi connectivity index (χ1v) is 13.7. The van der Waals surface area contributed by atoms with Gasteiger partial charge in [0.25, 0.3) is 0 Å². The highest BCUT2D eigenvalue weighted by Crippen LogP contribution is 2.65. The Hall–Kier alpha value is -0.570. The van der Waals surface area contributed by atoms with Gasteiger partial charge in [-0.15, -0.1) is 0 Å². The molecule has 4 aliphatic carbocycles. The zero-order valence-electron chi connectivity index (χ0n) is 21.2. The third-order valence-corrected chi connectivity index (χ3v) is 8.16. The zero-order chi connectivity index (χ0) is 22.8. The fourth-order valence-electron chi connectivity index (χ4n) is 7.83. The lowest BCUT2D eigenvalue weighted by Gasteiger charge is -2.64. The van der Waals surface area contributed by atoms with Gasteiger partial charge in [-0.1, -0.05) is 97.8 Å². The Bertz CT molecular complexity index is 480. The van der Waals surface area contributed by atoms with E-state index in [2.05, 4.69) is 20.8 Å². The van der Waals surface area contributed by atoms with Crippen LogP contribution in [0.5, 0.6) is 0 Å². The molecule has 0 aromatic rings. The molecular weight excluding hydrogens is 382 g/mol. The van der Waals surface area contributed by atoms with Crippen molar-refractivity contribution in [3.63, 3.8) is 0 Å². The summed E-state index contributed by atoms with van der Waals surface area (Å²) in [5.41, 5.74) is 7.92. The standard InChI is InChI=1S/C16H32O2.C12H21N/c1-2-3-4-5-6-7-8-9-10-11-12-13-14-15-16(17)18;1-10-3-9-4-11(2,6-10)8-12(13,5-9)7-10/h2-15H2,1H3,(H,17,18);9H,3-8,13H2,1-2H3. The smallest absolute Gasteiger partial charge is 0.303 e. The average molecular weight is 436 g/mol. The van der Waals surface area contributed by atoms with E-state index in [1.165, 1.54) is 109 Å². The molecule has 4 saturated carbocycles. The Kier molecular flexibility index (Phi) is 10.9. The summed E-state index contributed by atoms with van der Waals surface area (Å²) in [5.74, 6) is 0.300. The van der Waals surface area contributed by atoms with Crippen LogP contribution in [0.2, 0.25) is 0 Å². The molecule has 2 unspecified atom stereocenters. The molecule has 0 radical (unpaired) electrons. The van der Waals surface area contributed by atoms with Crippen LogP contribution in [-0.4, -0.2) is 16.6 Å². The summed E-state index contributed by atoms with van der Waals surface area (Å²) in [7, 11) is 0. The molecule has 0 aromatic carbocycles. The van der Waals surface area contributed by atoms with E-state index in [4.69, 9.17) is 10.8 Å². The Morgan fingerprint density at radius 1 is 0.742 bits per heavy atom. The Morgan fingerprint density at radius 3 is 1.52 bits per heavy atom. The van der Waals surface area contributed by atoms with Crippen LogP contribution >= 0.6 is 0 Å². The van der Waals surface area contributed by atoms with Gasteiger partial charge < -0.3 is 10.8 Å². The lowest BCUT2D eigenvalue weighted by Crippen LogP contribution is -2.62. The number of aliphatic carboxylic acids is 1. The van der Waals surface area contributed by atoms with Crippen LogP contribution in [0, 0.1) is 16.7 Å². The van der Waals surface area contributed by atoms with Crippen LogP contribution in [0.4, 0.5) is 0 Å². The molecule has 4 fully saturated rings. The fourth-order valence-corrected chi connectivity index (χ4v) is 7.83. The fraction of sp³-hybridized carbons (Fsp3) is 0.964. The second-order valence-electron chi connectivity index (χ2n) is 12.4.